The van der Waals surface area contributed by atoms with Crippen molar-refractivity contribution in [3.05, 3.63) is 65.0 Å². The highest BCUT2D eigenvalue weighted by atomic mass is 16.2. The number of pyridine rings is 1. The van der Waals surface area contributed by atoms with Crippen LogP contribution in [0.5, 0.6) is 0 Å². The van der Waals surface area contributed by atoms with Gasteiger partial charge in [-0.05, 0) is 29.7 Å². The molecule has 0 fully saturated rings. The molecule has 1 aromatic heterocycles. The minimum atomic E-state index is -0.0683. The number of carbonyl (C=O) groups is 1. The molecule has 0 bridgehead atoms. The molecule has 0 radical (unpaired) electrons. The Balaban J connectivity index is 2.13. The molecule has 0 spiro atoms. The van der Waals surface area contributed by atoms with Gasteiger partial charge in [0, 0.05) is 26.3 Å². The first-order valence-corrected chi connectivity index (χ1v) is 6.57. The van der Waals surface area contributed by atoms with Crippen molar-refractivity contribution in [3.63, 3.8) is 0 Å². The summed E-state index contributed by atoms with van der Waals surface area (Å²) < 4.78 is 0. The Hall–Kier alpha value is -2.20. The van der Waals surface area contributed by atoms with Crippen LogP contribution in [0.15, 0.2) is 42.6 Å². The molecule has 1 heterocycles. The van der Waals surface area contributed by atoms with Crippen LogP contribution < -0.4 is 5.73 Å². The van der Waals surface area contributed by atoms with Gasteiger partial charge in [0.2, 0.25) is 0 Å². The third kappa shape index (κ3) is 3.22. The number of amides is 1. The second kappa shape index (κ2) is 6.30. The van der Waals surface area contributed by atoms with Gasteiger partial charge in [0.15, 0.2) is 0 Å². The molecule has 20 heavy (non-hydrogen) atoms. The van der Waals surface area contributed by atoms with Gasteiger partial charge in [-0.1, -0.05) is 30.3 Å². The van der Waals surface area contributed by atoms with Crippen LogP contribution in [0, 0.1) is 6.92 Å². The Morgan fingerprint density at radius 1 is 1.25 bits per heavy atom. The lowest BCUT2D eigenvalue weighted by Gasteiger charge is -2.18. The van der Waals surface area contributed by atoms with Crippen LogP contribution in [0.25, 0.3) is 0 Å². The molecule has 0 atom stereocenters. The van der Waals surface area contributed by atoms with Crippen molar-refractivity contribution < 1.29 is 4.79 Å². The number of aromatic nitrogens is 1. The molecule has 4 heteroatoms. The summed E-state index contributed by atoms with van der Waals surface area (Å²) in [4.78, 5) is 18.2. The zero-order valence-corrected chi connectivity index (χ0v) is 11.8. The topological polar surface area (TPSA) is 59.2 Å². The molecule has 0 saturated heterocycles. The largest absolute Gasteiger partial charge is 0.336 e. The molecule has 2 N–H and O–H groups in total. The second-order valence-electron chi connectivity index (χ2n) is 4.85. The third-order valence-corrected chi connectivity index (χ3v) is 3.21. The summed E-state index contributed by atoms with van der Waals surface area (Å²) in [5, 5.41) is 0. The maximum absolute atomic E-state index is 12.4. The van der Waals surface area contributed by atoms with E-state index in [1.807, 2.05) is 43.3 Å². The Morgan fingerprint density at radius 2 is 2.00 bits per heavy atom. The van der Waals surface area contributed by atoms with Crippen molar-refractivity contribution in [1.29, 1.82) is 0 Å². The molecule has 0 aliphatic heterocycles. The summed E-state index contributed by atoms with van der Waals surface area (Å²) in [6.07, 6.45) is 1.64. The number of hydrogen-bond donors (Lipinski definition) is 1. The van der Waals surface area contributed by atoms with Gasteiger partial charge in [0.05, 0.1) is 0 Å². The van der Waals surface area contributed by atoms with Gasteiger partial charge in [-0.15, -0.1) is 0 Å². The highest BCUT2D eigenvalue weighted by molar-refractivity contribution is 5.93. The standard InChI is InChI=1S/C16H19N3O/c1-12-5-4-8-18-15(12)16(20)19(2)11-14-7-3-6-13(9-14)10-17/h3-9H,10-11,17H2,1-2H3. The van der Waals surface area contributed by atoms with Crippen molar-refractivity contribution in [3.8, 4) is 0 Å². The zero-order chi connectivity index (χ0) is 14.5. The summed E-state index contributed by atoms with van der Waals surface area (Å²) >= 11 is 0. The minimum absolute atomic E-state index is 0.0683. The Kier molecular flexibility index (Phi) is 4.48. The van der Waals surface area contributed by atoms with E-state index in [4.69, 9.17) is 5.73 Å². The zero-order valence-electron chi connectivity index (χ0n) is 11.8. The molecule has 104 valence electrons. The lowest BCUT2D eigenvalue weighted by molar-refractivity contribution is 0.0778. The Labute approximate surface area is 119 Å². The lowest BCUT2D eigenvalue weighted by Crippen LogP contribution is -2.27. The fourth-order valence-electron chi connectivity index (χ4n) is 2.09. The molecule has 1 amide bonds. The van der Waals surface area contributed by atoms with Crippen molar-refractivity contribution in [1.82, 2.24) is 9.88 Å². The molecule has 0 aliphatic rings. The number of carbonyl (C=O) groups excluding carboxylic acids is 1. The first-order chi connectivity index (χ1) is 9.61. The van der Waals surface area contributed by atoms with Crippen LogP contribution in [0.2, 0.25) is 0 Å². The maximum atomic E-state index is 12.4. The highest BCUT2D eigenvalue weighted by Gasteiger charge is 2.15. The van der Waals surface area contributed by atoms with Crippen LogP contribution in [-0.2, 0) is 13.1 Å². The molecule has 2 aromatic rings. The second-order valence-corrected chi connectivity index (χ2v) is 4.85. The predicted molar refractivity (Wildman–Crippen MR) is 79.1 cm³/mol. The van der Waals surface area contributed by atoms with E-state index in [0.29, 0.717) is 18.8 Å². The molecule has 0 aliphatic carbocycles. The fourth-order valence-corrected chi connectivity index (χ4v) is 2.09. The van der Waals surface area contributed by atoms with Crippen LogP contribution in [0.4, 0.5) is 0 Å². The molecule has 0 unspecified atom stereocenters. The summed E-state index contributed by atoms with van der Waals surface area (Å²) in [5.41, 5.74) is 9.16. The van der Waals surface area contributed by atoms with Gasteiger partial charge < -0.3 is 10.6 Å². The SMILES string of the molecule is Cc1cccnc1C(=O)N(C)Cc1cccc(CN)c1. The van der Waals surface area contributed by atoms with E-state index >= 15 is 0 Å². The van der Waals surface area contributed by atoms with Gasteiger partial charge in [-0.2, -0.15) is 0 Å². The monoisotopic (exact) mass is 269 g/mol. The quantitative estimate of drug-likeness (QED) is 0.925. The molecule has 2 rings (SSSR count). The smallest absolute Gasteiger partial charge is 0.272 e. The molecular formula is C16H19N3O. The third-order valence-electron chi connectivity index (χ3n) is 3.21. The van der Waals surface area contributed by atoms with Crippen molar-refractivity contribution >= 4 is 5.91 Å². The van der Waals surface area contributed by atoms with E-state index < -0.39 is 0 Å². The average molecular weight is 269 g/mol. The first-order valence-electron chi connectivity index (χ1n) is 6.57. The maximum Gasteiger partial charge on any atom is 0.272 e. The normalized spacial score (nSPS) is 10.3. The van der Waals surface area contributed by atoms with Gasteiger partial charge in [0.25, 0.3) is 5.91 Å². The van der Waals surface area contributed by atoms with Crippen molar-refractivity contribution in [2.45, 2.75) is 20.0 Å². The van der Waals surface area contributed by atoms with Crippen molar-refractivity contribution in [2.75, 3.05) is 7.05 Å². The van der Waals surface area contributed by atoms with E-state index in [-0.39, 0.29) is 5.91 Å². The van der Waals surface area contributed by atoms with E-state index in [0.717, 1.165) is 16.7 Å². The van der Waals surface area contributed by atoms with Crippen molar-refractivity contribution in [2.24, 2.45) is 5.73 Å². The van der Waals surface area contributed by atoms with Gasteiger partial charge >= 0.3 is 0 Å². The van der Waals surface area contributed by atoms with E-state index in [2.05, 4.69) is 4.98 Å². The fraction of sp³-hybridized carbons (Fsp3) is 0.250. The molecular weight excluding hydrogens is 250 g/mol. The number of benzene rings is 1. The summed E-state index contributed by atoms with van der Waals surface area (Å²) in [6.45, 7) is 2.94. The van der Waals surface area contributed by atoms with Crippen LogP contribution in [-0.4, -0.2) is 22.8 Å². The summed E-state index contributed by atoms with van der Waals surface area (Å²) in [6, 6.07) is 11.7. The van der Waals surface area contributed by atoms with E-state index in [9.17, 15) is 4.79 Å². The Morgan fingerprint density at radius 3 is 2.70 bits per heavy atom. The van der Waals surface area contributed by atoms with Gasteiger partial charge in [-0.3, -0.25) is 9.78 Å². The minimum Gasteiger partial charge on any atom is -0.336 e. The highest BCUT2D eigenvalue weighted by Crippen LogP contribution is 2.11. The number of rotatable bonds is 4. The van der Waals surface area contributed by atoms with E-state index in [1.54, 1.807) is 18.1 Å². The van der Waals surface area contributed by atoms with Crippen LogP contribution >= 0.6 is 0 Å². The number of aryl methyl sites for hydroxylation is 1. The number of hydrogen-bond acceptors (Lipinski definition) is 3. The predicted octanol–water partition coefficient (Wildman–Crippen LogP) is 2.12. The van der Waals surface area contributed by atoms with Gasteiger partial charge in [-0.25, -0.2) is 0 Å². The molecule has 4 nitrogen and oxygen atoms in total. The number of nitrogens with two attached hydrogens (primary N) is 1. The van der Waals surface area contributed by atoms with E-state index in [1.165, 1.54) is 0 Å². The molecule has 1 aromatic carbocycles. The van der Waals surface area contributed by atoms with Gasteiger partial charge in [0.1, 0.15) is 5.69 Å². The Bertz CT molecular complexity index is 610. The summed E-state index contributed by atoms with van der Waals surface area (Å²) in [7, 11) is 1.78. The average Bonchev–Trinajstić information content (AvgIpc) is 2.47. The number of nitrogens with zero attached hydrogens (tertiary/aromatic N) is 2. The lowest BCUT2D eigenvalue weighted by atomic mass is 10.1. The van der Waals surface area contributed by atoms with Crippen LogP contribution in [0.3, 0.4) is 0 Å². The summed E-state index contributed by atoms with van der Waals surface area (Å²) in [5.74, 6) is -0.0683. The molecule has 0 saturated carbocycles. The first kappa shape index (κ1) is 14.2. The van der Waals surface area contributed by atoms with Crippen LogP contribution in [0.1, 0.15) is 27.2 Å².